The zero-order valence-electron chi connectivity index (χ0n) is 13.5. The molecule has 1 heterocycles. The van der Waals surface area contributed by atoms with Crippen LogP contribution in [0.2, 0.25) is 0 Å². The maximum absolute atomic E-state index is 12.8. The van der Waals surface area contributed by atoms with Crippen LogP contribution in [-0.4, -0.2) is 34.2 Å². The van der Waals surface area contributed by atoms with Gasteiger partial charge in [-0.3, -0.25) is 14.4 Å². The van der Waals surface area contributed by atoms with Crippen molar-refractivity contribution in [2.45, 2.75) is 43.8 Å². The van der Waals surface area contributed by atoms with E-state index >= 15 is 0 Å². The second kappa shape index (κ2) is 7.55. The third kappa shape index (κ3) is 4.00. The van der Waals surface area contributed by atoms with Gasteiger partial charge in [-0.15, -0.1) is 0 Å². The van der Waals surface area contributed by atoms with Crippen LogP contribution < -0.4 is 16.2 Å². The first kappa shape index (κ1) is 16.6. The molecule has 0 spiro atoms. The largest absolute Gasteiger partial charge is 0.347 e. The quantitative estimate of drug-likeness (QED) is 0.758. The molecule has 0 radical (unpaired) electrons. The molecule has 3 N–H and O–H groups in total. The summed E-state index contributed by atoms with van der Waals surface area (Å²) in [5.74, 6) is 0.794. The number of carbonyl (C=O) groups excluding carboxylic acids is 1. The standard InChI is InChI=1S/C17H25N3O2S/c1-23(22)11-15(12-7-3-2-4-8-12)18-17(21)16-13-9-5-6-10-14(13)19-20-16/h2-4,7-8,13-16,19-20H,5-6,9-11H2,1H3,(H,18,21). The van der Waals surface area contributed by atoms with E-state index in [1.807, 2.05) is 30.3 Å². The molecule has 1 amide bonds. The number of carbonyl (C=O) groups is 1. The zero-order valence-corrected chi connectivity index (χ0v) is 14.3. The minimum absolute atomic E-state index is 0.00574. The molecule has 1 saturated carbocycles. The predicted molar refractivity (Wildman–Crippen MR) is 92.1 cm³/mol. The molecular formula is C17H25N3O2S. The van der Waals surface area contributed by atoms with Crippen LogP contribution in [-0.2, 0) is 15.6 Å². The first-order valence-electron chi connectivity index (χ1n) is 8.31. The van der Waals surface area contributed by atoms with Gasteiger partial charge in [0.25, 0.3) is 0 Å². The molecule has 1 aromatic rings. The van der Waals surface area contributed by atoms with Gasteiger partial charge in [0.2, 0.25) is 5.91 Å². The summed E-state index contributed by atoms with van der Waals surface area (Å²) in [6.45, 7) is 0. The van der Waals surface area contributed by atoms with Crippen molar-refractivity contribution in [3.05, 3.63) is 35.9 Å². The van der Waals surface area contributed by atoms with Gasteiger partial charge in [-0.05, 0) is 18.4 Å². The van der Waals surface area contributed by atoms with Gasteiger partial charge in [-0.1, -0.05) is 43.2 Å². The minimum atomic E-state index is -0.973. The number of hydrogen-bond donors (Lipinski definition) is 3. The Kier molecular flexibility index (Phi) is 5.46. The molecule has 5 nitrogen and oxygen atoms in total. The molecule has 1 aromatic carbocycles. The van der Waals surface area contributed by atoms with Gasteiger partial charge in [-0.25, -0.2) is 5.43 Å². The first-order valence-corrected chi connectivity index (χ1v) is 10.0. The molecule has 23 heavy (non-hydrogen) atoms. The van der Waals surface area contributed by atoms with E-state index in [1.54, 1.807) is 6.26 Å². The highest BCUT2D eigenvalue weighted by Crippen LogP contribution is 2.30. The maximum atomic E-state index is 12.8. The third-order valence-corrected chi connectivity index (χ3v) is 5.68. The summed E-state index contributed by atoms with van der Waals surface area (Å²) in [6.07, 6.45) is 6.30. The van der Waals surface area contributed by atoms with Crippen LogP contribution in [0.3, 0.4) is 0 Å². The normalized spacial score (nSPS) is 29.5. The molecule has 2 fully saturated rings. The van der Waals surface area contributed by atoms with Crippen molar-refractivity contribution in [2.75, 3.05) is 12.0 Å². The lowest BCUT2D eigenvalue weighted by atomic mass is 9.81. The van der Waals surface area contributed by atoms with Crippen molar-refractivity contribution in [3.8, 4) is 0 Å². The lowest BCUT2D eigenvalue weighted by Gasteiger charge is -2.28. The molecule has 5 atom stereocenters. The summed E-state index contributed by atoms with van der Waals surface area (Å²) in [7, 11) is -0.973. The van der Waals surface area contributed by atoms with Crippen molar-refractivity contribution < 1.29 is 9.00 Å². The molecule has 1 saturated heterocycles. The number of fused-ring (bicyclic) bond motifs is 1. The summed E-state index contributed by atoms with van der Waals surface area (Å²) < 4.78 is 11.7. The summed E-state index contributed by atoms with van der Waals surface area (Å²) in [5.41, 5.74) is 7.45. The number of amides is 1. The van der Waals surface area contributed by atoms with Crippen LogP contribution >= 0.6 is 0 Å². The van der Waals surface area contributed by atoms with Gasteiger partial charge in [0, 0.05) is 34.8 Å². The Morgan fingerprint density at radius 1 is 1.26 bits per heavy atom. The smallest absolute Gasteiger partial charge is 0.239 e. The van der Waals surface area contributed by atoms with Crippen molar-refractivity contribution in [1.82, 2.24) is 16.2 Å². The average Bonchev–Trinajstić information content (AvgIpc) is 2.99. The fraction of sp³-hybridized carbons (Fsp3) is 0.588. The molecule has 6 heteroatoms. The van der Waals surface area contributed by atoms with Crippen LogP contribution in [0.5, 0.6) is 0 Å². The molecule has 126 valence electrons. The van der Waals surface area contributed by atoms with Gasteiger partial charge >= 0.3 is 0 Å². The highest BCUT2D eigenvalue weighted by atomic mass is 32.2. The van der Waals surface area contributed by atoms with Crippen molar-refractivity contribution in [2.24, 2.45) is 5.92 Å². The topological polar surface area (TPSA) is 70.2 Å². The van der Waals surface area contributed by atoms with Gasteiger partial charge in [0.05, 0.1) is 6.04 Å². The Hall–Kier alpha value is -1.24. The summed E-state index contributed by atoms with van der Waals surface area (Å²) in [4.78, 5) is 12.8. The lowest BCUT2D eigenvalue weighted by molar-refractivity contribution is -0.124. The molecular weight excluding hydrogens is 310 g/mol. The van der Waals surface area contributed by atoms with Gasteiger partial charge < -0.3 is 5.32 Å². The molecule has 5 unspecified atom stereocenters. The van der Waals surface area contributed by atoms with Crippen LogP contribution in [0.25, 0.3) is 0 Å². The Morgan fingerprint density at radius 2 is 2.00 bits per heavy atom. The number of rotatable bonds is 5. The van der Waals surface area contributed by atoms with Gasteiger partial charge in [0.1, 0.15) is 6.04 Å². The fourth-order valence-electron chi connectivity index (χ4n) is 3.70. The average molecular weight is 335 g/mol. The summed E-state index contributed by atoms with van der Waals surface area (Å²) in [5, 5.41) is 3.11. The molecule has 0 bridgehead atoms. The van der Waals surface area contributed by atoms with Crippen LogP contribution in [0, 0.1) is 5.92 Å². The van der Waals surface area contributed by atoms with Crippen molar-refractivity contribution in [1.29, 1.82) is 0 Å². The monoisotopic (exact) mass is 335 g/mol. The van der Waals surface area contributed by atoms with E-state index in [0.717, 1.165) is 18.4 Å². The zero-order chi connectivity index (χ0) is 16.2. The number of hydrogen-bond acceptors (Lipinski definition) is 4. The molecule has 1 aliphatic heterocycles. The lowest BCUT2D eigenvalue weighted by Crippen LogP contribution is -2.47. The number of hydrazine groups is 1. The SMILES string of the molecule is CS(=O)CC(NC(=O)C1NNC2CCCCC21)c1ccccc1. The van der Waals surface area contributed by atoms with Crippen LogP contribution in [0.1, 0.15) is 37.3 Å². The fourth-order valence-corrected chi connectivity index (χ4v) is 4.45. The molecule has 1 aliphatic carbocycles. The number of nitrogens with one attached hydrogen (secondary N) is 3. The Bertz CT molecular complexity index is 566. The molecule has 3 rings (SSSR count). The second-order valence-corrected chi connectivity index (χ2v) is 8.01. The maximum Gasteiger partial charge on any atom is 0.239 e. The van der Waals surface area contributed by atoms with Gasteiger partial charge in [-0.2, -0.15) is 0 Å². The highest BCUT2D eigenvalue weighted by Gasteiger charge is 2.41. The van der Waals surface area contributed by atoms with E-state index in [0.29, 0.717) is 17.7 Å². The van der Waals surface area contributed by atoms with E-state index in [-0.39, 0.29) is 18.0 Å². The van der Waals surface area contributed by atoms with Crippen LogP contribution in [0.4, 0.5) is 0 Å². The third-order valence-electron chi connectivity index (χ3n) is 4.87. The van der Waals surface area contributed by atoms with E-state index < -0.39 is 10.8 Å². The second-order valence-electron chi connectivity index (χ2n) is 6.53. The van der Waals surface area contributed by atoms with E-state index in [1.165, 1.54) is 12.8 Å². The number of benzene rings is 1. The molecule has 0 aromatic heterocycles. The van der Waals surface area contributed by atoms with Crippen LogP contribution in [0.15, 0.2) is 30.3 Å². The Balaban J connectivity index is 1.69. The highest BCUT2D eigenvalue weighted by molar-refractivity contribution is 7.84. The van der Waals surface area contributed by atoms with E-state index in [4.69, 9.17) is 0 Å². The van der Waals surface area contributed by atoms with Crippen molar-refractivity contribution >= 4 is 16.7 Å². The van der Waals surface area contributed by atoms with Gasteiger partial charge in [0.15, 0.2) is 0 Å². The predicted octanol–water partition coefficient (Wildman–Crippen LogP) is 1.26. The summed E-state index contributed by atoms with van der Waals surface area (Å²) in [6, 6.07) is 9.77. The first-order chi connectivity index (χ1) is 11.1. The Morgan fingerprint density at radius 3 is 2.74 bits per heavy atom. The Labute approximate surface area is 140 Å². The molecule has 2 aliphatic rings. The summed E-state index contributed by atoms with van der Waals surface area (Å²) >= 11 is 0. The van der Waals surface area contributed by atoms with E-state index in [9.17, 15) is 9.00 Å². The minimum Gasteiger partial charge on any atom is -0.347 e. The van der Waals surface area contributed by atoms with Crippen molar-refractivity contribution in [3.63, 3.8) is 0 Å². The van der Waals surface area contributed by atoms with E-state index in [2.05, 4.69) is 16.2 Å².